The Kier molecular flexibility index (Phi) is 2.47. The van der Waals surface area contributed by atoms with Crippen LogP contribution in [-0.2, 0) is 0 Å². The Labute approximate surface area is 66.0 Å². The topological polar surface area (TPSA) is 26.0 Å². The van der Waals surface area contributed by atoms with E-state index in [0.29, 0.717) is 6.54 Å². The Balaban J connectivity index is 2.51. The van der Waals surface area contributed by atoms with E-state index >= 15 is 0 Å². The third-order valence-corrected chi connectivity index (χ3v) is 2.30. The number of hydrogen-bond donors (Lipinski definition) is 1. The molecule has 2 N–H and O–H groups in total. The molecule has 1 aliphatic rings. The second-order valence-corrected chi connectivity index (χ2v) is 3.71. The van der Waals surface area contributed by atoms with E-state index in [1.54, 1.807) is 0 Å². The minimum atomic E-state index is -2.46. The molecule has 2 atom stereocenters. The molecule has 2 unspecified atom stereocenters. The third kappa shape index (κ3) is 2.40. The largest absolute Gasteiger partial charge is 0.330 e. The Morgan fingerprint density at radius 1 is 1.45 bits per heavy atom. The van der Waals surface area contributed by atoms with E-state index in [1.165, 1.54) is 0 Å². The number of alkyl halides is 2. The molecule has 1 aliphatic carbocycles. The summed E-state index contributed by atoms with van der Waals surface area (Å²) in [5.41, 5.74) is 5.35. The molecule has 0 amide bonds. The maximum absolute atomic E-state index is 12.8. The van der Waals surface area contributed by atoms with Crippen molar-refractivity contribution in [3.8, 4) is 0 Å². The summed E-state index contributed by atoms with van der Waals surface area (Å²) in [6.07, 6.45) is 0.906. The summed E-state index contributed by atoms with van der Waals surface area (Å²) in [7, 11) is 0. The smallest absolute Gasteiger partial charge is 0.248 e. The van der Waals surface area contributed by atoms with Gasteiger partial charge in [-0.1, -0.05) is 6.92 Å². The lowest BCUT2D eigenvalue weighted by Gasteiger charge is -2.32. The second-order valence-electron chi connectivity index (χ2n) is 3.71. The first-order valence-electron chi connectivity index (χ1n) is 4.11. The molecule has 0 heterocycles. The number of rotatable bonds is 1. The highest BCUT2D eigenvalue weighted by molar-refractivity contribution is 4.82. The maximum Gasteiger partial charge on any atom is 0.248 e. The van der Waals surface area contributed by atoms with Gasteiger partial charge in [-0.15, -0.1) is 0 Å². The molecule has 1 saturated carbocycles. The Morgan fingerprint density at radius 3 is 2.55 bits per heavy atom. The van der Waals surface area contributed by atoms with Crippen LogP contribution in [-0.4, -0.2) is 12.5 Å². The van der Waals surface area contributed by atoms with Gasteiger partial charge in [0.2, 0.25) is 5.92 Å². The van der Waals surface area contributed by atoms with Crippen LogP contribution in [0.2, 0.25) is 0 Å². The van der Waals surface area contributed by atoms with Gasteiger partial charge >= 0.3 is 0 Å². The minimum Gasteiger partial charge on any atom is -0.330 e. The van der Waals surface area contributed by atoms with Gasteiger partial charge in [0.1, 0.15) is 0 Å². The molecule has 66 valence electrons. The molecule has 1 rings (SSSR count). The van der Waals surface area contributed by atoms with Crippen LogP contribution in [0.5, 0.6) is 0 Å². The SMILES string of the molecule is CC1CC(CN)CC(F)(F)C1. The van der Waals surface area contributed by atoms with Gasteiger partial charge in [-0.25, -0.2) is 8.78 Å². The molecule has 3 heteroatoms. The molecule has 0 aromatic carbocycles. The Morgan fingerprint density at radius 2 is 2.09 bits per heavy atom. The van der Waals surface area contributed by atoms with Crippen molar-refractivity contribution in [3.05, 3.63) is 0 Å². The van der Waals surface area contributed by atoms with Crippen LogP contribution in [0, 0.1) is 11.8 Å². The molecule has 0 spiro atoms. The average Bonchev–Trinajstić information content (AvgIpc) is 1.83. The highest BCUT2D eigenvalue weighted by Gasteiger charge is 2.38. The molecule has 11 heavy (non-hydrogen) atoms. The van der Waals surface area contributed by atoms with Gasteiger partial charge in [-0.3, -0.25) is 0 Å². The van der Waals surface area contributed by atoms with Gasteiger partial charge < -0.3 is 5.73 Å². The van der Waals surface area contributed by atoms with Gasteiger partial charge in [0.05, 0.1) is 0 Å². The molecule has 0 bridgehead atoms. The highest BCUT2D eigenvalue weighted by Crippen LogP contribution is 2.39. The fourth-order valence-corrected chi connectivity index (χ4v) is 1.93. The van der Waals surface area contributed by atoms with Gasteiger partial charge in [0.15, 0.2) is 0 Å². The zero-order valence-corrected chi connectivity index (χ0v) is 6.82. The lowest BCUT2D eigenvalue weighted by atomic mass is 9.80. The lowest BCUT2D eigenvalue weighted by molar-refractivity contribution is -0.0676. The van der Waals surface area contributed by atoms with Crippen LogP contribution in [0.1, 0.15) is 26.2 Å². The highest BCUT2D eigenvalue weighted by atomic mass is 19.3. The summed E-state index contributed by atoms with van der Waals surface area (Å²) >= 11 is 0. The lowest BCUT2D eigenvalue weighted by Crippen LogP contribution is -2.34. The number of hydrogen-bond acceptors (Lipinski definition) is 1. The zero-order chi connectivity index (χ0) is 8.48. The monoisotopic (exact) mass is 163 g/mol. The van der Waals surface area contributed by atoms with E-state index in [9.17, 15) is 8.78 Å². The molecule has 0 aromatic heterocycles. The fraction of sp³-hybridized carbons (Fsp3) is 1.00. The van der Waals surface area contributed by atoms with Crippen molar-refractivity contribution in [1.82, 2.24) is 0 Å². The van der Waals surface area contributed by atoms with Crippen LogP contribution >= 0.6 is 0 Å². The average molecular weight is 163 g/mol. The molecule has 0 aliphatic heterocycles. The zero-order valence-electron chi connectivity index (χ0n) is 6.82. The summed E-state index contributed by atoms with van der Waals surface area (Å²) in [5, 5.41) is 0. The van der Waals surface area contributed by atoms with Crippen molar-refractivity contribution in [1.29, 1.82) is 0 Å². The normalized spacial score (nSPS) is 37.1. The van der Waals surface area contributed by atoms with Crippen molar-refractivity contribution >= 4 is 0 Å². The second kappa shape index (κ2) is 3.05. The first-order chi connectivity index (χ1) is 5.03. The quantitative estimate of drug-likeness (QED) is 0.628. The Hall–Kier alpha value is -0.180. The predicted octanol–water partition coefficient (Wildman–Crippen LogP) is 2.02. The van der Waals surface area contributed by atoms with Crippen LogP contribution < -0.4 is 5.73 Å². The van der Waals surface area contributed by atoms with Crippen LogP contribution in [0.25, 0.3) is 0 Å². The van der Waals surface area contributed by atoms with Gasteiger partial charge in [-0.05, 0) is 24.8 Å². The van der Waals surface area contributed by atoms with Gasteiger partial charge in [0, 0.05) is 12.8 Å². The molecule has 0 saturated heterocycles. The Bertz CT molecular complexity index is 136. The molecule has 1 fully saturated rings. The van der Waals surface area contributed by atoms with Gasteiger partial charge in [0.25, 0.3) is 0 Å². The van der Waals surface area contributed by atoms with E-state index in [1.807, 2.05) is 6.92 Å². The van der Waals surface area contributed by atoms with E-state index < -0.39 is 5.92 Å². The molecule has 1 nitrogen and oxygen atoms in total. The summed E-state index contributed by atoms with van der Waals surface area (Å²) < 4.78 is 25.7. The van der Waals surface area contributed by atoms with Crippen molar-refractivity contribution in [3.63, 3.8) is 0 Å². The third-order valence-electron chi connectivity index (χ3n) is 2.30. The molecular weight excluding hydrogens is 148 g/mol. The van der Waals surface area contributed by atoms with Crippen LogP contribution in [0.15, 0.2) is 0 Å². The summed E-state index contributed by atoms with van der Waals surface area (Å²) in [6, 6.07) is 0. The van der Waals surface area contributed by atoms with Crippen LogP contribution in [0.3, 0.4) is 0 Å². The number of halogens is 2. The van der Waals surface area contributed by atoms with Crippen molar-refractivity contribution in [2.75, 3.05) is 6.54 Å². The molecule has 0 radical (unpaired) electrons. The summed E-state index contributed by atoms with van der Waals surface area (Å²) in [4.78, 5) is 0. The first kappa shape index (κ1) is 8.91. The number of nitrogens with two attached hydrogens (primary N) is 1. The standard InChI is InChI=1S/C8H15F2N/c1-6-2-7(5-11)4-8(9,10)3-6/h6-7H,2-5,11H2,1H3. The van der Waals surface area contributed by atoms with Crippen molar-refractivity contribution in [2.45, 2.75) is 32.1 Å². The fourth-order valence-electron chi connectivity index (χ4n) is 1.93. The van der Waals surface area contributed by atoms with E-state index in [4.69, 9.17) is 5.73 Å². The van der Waals surface area contributed by atoms with Crippen molar-refractivity contribution in [2.24, 2.45) is 17.6 Å². The first-order valence-corrected chi connectivity index (χ1v) is 4.11. The molecule has 0 aromatic rings. The summed E-state index contributed by atoms with van der Waals surface area (Å²) in [6.45, 7) is 2.27. The van der Waals surface area contributed by atoms with E-state index in [0.717, 1.165) is 6.42 Å². The minimum absolute atomic E-state index is 0.00611. The summed E-state index contributed by atoms with van der Waals surface area (Å²) in [5.74, 6) is -2.29. The van der Waals surface area contributed by atoms with E-state index in [-0.39, 0.29) is 24.7 Å². The predicted molar refractivity (Wildman–Crippen MR) is 40.5 cm³/mol. The van der Waals surface area contributed by atoms with Gasteiger partial charge in [-0.2, -0.15) is 0 Å². The molecular formula is C8H15F2N. The maximum atomic E-state index is 12.8. The van der Waals surface area contributed by atoms with E-state index in [2.05, 4.69) is 0 Å². The van der Waals surface area contributed by atoms with Crippen LogP contribution in [0.4, 0.5) is 8.78 Å². The van der Waals surface area contributed by atoms with Crippen molar-refractivity contribution < 1.29 is 8.78 Å².